The van der Waals surface area contributed by atoms with Crippen molar-refractivity contribution in [2.75, 3.05) is 6.79 Å². The molecule has 1 saturated heterocycles. The highest BCUT2D eigenvalue weighted by Crippen LogP contribution is 2.27. The van der Waals surface area contributed by atoms with Crippen molar-refractivity contribution in [2.45, 2.75) is 31.5 Å². The van der Waals surface area contributed by atoms with E-state index in [0.717, 1.165) is 12.8 Å². The van der Waals surface area contributed by atoms with Gasteiger partial charge in [0.15, 0.2) is 6.79 Å². The van der Waals surface area contributed by atoms with Crippen molar-refractivity contribution in [3.05, 3.63) is 0 Å². The Morgan fingerprint density at radius 2 is 2.00 bits per heavy atom. The average Bonchev–Trinajstić information content (AvgIpc) is 2.33. The third kappa shape index (κ3) is 0.956. The van der Waals surface area contributed by atoms with Gasteiger partial charge in [-0.15, -0.1) is 0 Å². The van der Waals surface area contributed by atoms with Crippen LogP contribution in [0.5, 0.6) is 0 Å². The van der Waals surface area contributed by atoms with Gasteiger partial charge in [0, 0.05) is 0 Å². The highest BCUT2D eigenvalue weighted by atomic mass is 17.2. The second-order valence-electron chi connectivity index (χ2n) is 2.51. The van der Waals surface area contributed by atoms with Crippen LogP contribution in [0, 0.1) is 0 Å². The first-order valence-electron chi connectivity index (χ1n) is 3.37. The molecule has 0 amide bonds. The van der Waals surface area contributed by atoms with Gasteiger partial charge in [0.1, 0.15) is 6.10 Å². The second-order valence-corrected chi connectivity index (χ2v) is 2.51. The lowest BCUT2D eigenvalue weighted by Crippen LogP contribution is -2.32. The Morgan fingerprint density at radius 1 is 1.11 bits per heavy atom. The van der Waals surface area contributed by atoms with Gasteiger partial charge in [-0.25, -0.2) is 9.78 Å². The summed E-state index contributed by atoms with van der Waals surface area (Å²) < 4.78 is 5.25. The molecule has 1 aliphatic heterocycles. The van der Waals surface area contributed by atoms with E-state index in [1.807, 2.05) is 0 Å². The second kappa shape index (κ2) is 2.25. The first kappa shape index (κ1) is 5.65. The van der Waals surface area contributed by atoms with Crippen LogP contribution < -0.4 is 0 Å². The zero-order chi connectivity index (χ0) is 6.10. The molecule has 0 aromatic carbocycles. The minimum atomic E-state index is 0.221. The molecule has 2 rings (SSSR count). The number of hydrogen-bond donors (Lipinski definition) is 0. The molecule has 3 heteroatoms. The van der Waals surface area contributed by atoms with Gasteiger partial charge in [-0.1, -0.05) is 0 Å². The third-order valence-corrected chi connectivity index (χ3v) is 1.91. The summed E-state index contributed by atoms with van der Waals surface area (Å²) in [6.45, 7) is 0.307. The Hall–Kier alpha value is -0.120. The van der Waals surface area contributed by atoms with Crippen LogP contribution in [0.15, 0.2) is 0 Å². The van der Waals surface area contributed by atoms with Gasteiger partial charge in [-0.2, -0.15) is 0 Å². The Bertz CT molecular complexity index is 92.5. The molecule has 9 heavy (non-hydrogen) atoms. The van der Waals surface area contributed by atoms with Crippen LogP contribution in [0.3, 0.4) is 0 Å². The molecule has 0 bridgehead atoms. The molecule has 0 aromatic heterocycles. The molecule has 1 aliphatic carbocycles. The molecule has 2 fully saturated rings. The summed E-state index contributed by atoms with van der Waals surface area (Å²) in [6.07, 6.45) is 3.97. The number of hydrogen-bond acceptors (Lipinski definition) is 3. The Morgan fingerprint density at radius 3 is 2.89 bits per heavy atom. The predicted octanol–water partition coefficient (Wildman–Crippen LogP) is 0.843. The molecule has 0 spiro atoms. The van der Waals surface area contributed by atoms with Crippen LogP contribution in [-0.2, 0) is 14.5 Å². The zero-order valence-corrected chi connectivity index (χ0v) is 5.21. The lowest BCUT2D eigenvalue weighted by Gasteiger charge is -2.24. The molecule has 1 saturated carbocycles. The maximum atomic E-state index is 5.25. The largest absolute Gasteiger partial charge is 0.346 e. The molecule has 0 N–H and O–H groups in total. The molecule has 1 heterocycles. The van der Waals surface area contributed by atoms with E-state index in [1.165, 1.54) is 6.42 Å². The van der Waals surface area contributed by atoms with E-state index >= 15 is 0 Å². The fraction of sp³-hybridized carbons (Fsp3) is 1.00. The highest BCUT2D eigenvalue weighted by Gasteiger charge is 2.32. The van der Waals surface area contributed by atoms with E-state index in [1.54, 1.807) is 0 Å². The fourth-order valence-electron chi connectivity index (χ4n) is 1.42. The van der Waals surface area contributed by atoms with Crippen LogP contribution in [0.2, 0.25) is 0 Å². The van der Waals surface area contributed by atoms with Crippen molar-refractivity contribution in [3.8, 4) is 0 Å². The lowest BCUT2D eigenvalue weighted by molar-refractivity contribution is -0.414. The lowest BCUT2D eigenvalue weighted by atomic mass is 10.3. The van der Waals surface area contributed by atoms with E-state index in [-0.39, 0.29) is 6.10 Å². The van der Waals surface area contributed by atoms with E-state index in [9.17, 15) is 0 Å². The number of ether oxygens (including phenoxy) is 1. The molecule has 0 aromatic rings. The van der Waals surface area contributed by atoms with Crippen molar-refractivity contribution < 1.29 is 14.5 Å². The van der Waals surface area contributed by atoms with Crippen molar-refractivity contribution in [2.24, 2.45) is 0 Å². The third-order valence-electron chi connectivity index (χ3n) is 1.91. The van der Waals surface area contributed by atoms with Crippen LogP contribution in [0.1, 0.15) is 19.3 Å². The van der Waals surface area contributed by atoms with Crippen molar-refractivity contribution in [1.82, 2.24) is 0 Å². The van der Waals surface area contributed by atoms with Crippen molar-refractivity contribution in [3.63, 3.8) is 0 Å². The number of fused-ring (bicyclic) bond motifs is 1. The van der Waals surface area contributed by atoms with Crippen LogP contribution in [-0.4, -0.2) is 19.0 Å². The summed E-state index contributed by atoms with van der Waals surface area (Å²) in [6, 6.07) is 0. The smallest absolute Gasteiger partial charge is 0.181 e. The summed E-state index contributed by atoms with van der Waals surface area (Å²) in [7, 11) is 0. The Balaban J connectivity index is 1.97. The molecular weight excluding hydrogens is 120 g/mol. The minimum absolute atomic E-state index is 0.221. The fourth-order valence-corrected chi connectivity index (χ4v) is 1.42. The van der Waals surface area contributed by atoms with Crippen molar-refractivity contribution >= 4 is 0 Å². The Labute approximate surface area is 53.8 Å². The summed E-state index contributed by atoms with van der Waals surface area (Å²) in [5.41, 5.74) is 0. The highest BCUT2D eigenvalue weighted by molar-refractivity contribution is 4.78. The van der Waals surface area contributed by atoms with Gasteiger partial charge < -0.3 is 4.74 Å². The van der Waals surface area contributed by atoms with E-state index in [4.69, 9.17) is 9.62 Å². The van der Waals surface area contributed by atoms with Gasteiger partial charge in [-0.3, -0.25) is 0 Å². The molecule has 2 aliphatic rings. The predicted molar refractivity (Wildman–Crippen MR) is 29.5 cm³/mol. The van der Waals surface area contributed by atoms with Crippen LogP contribution in [0.25, 0.3) is 0 Å². The van der Waals surface area contributed by atoms with Crippen molar-refractivity contribution in [1.29, 1.82) is 0 Å². The van der Waals surface area contributed by atoms with Crippen LogP contribution >= 0.6 is 0 Å². The van der Waals surface area contributed by atoms with E-state index < -0.39 is 0 Å². The minimum Gasteiger partial charge on any atom is -0.346 e. The molecule has 52 valence electrons. The monoisotopic (exact) mass is 130 g/mol. The Kier molecular flexibility index (Phi) is 1.41. The summed E-state index contributed by atoms with van der Waals surface area (Å²) in [5.74, 6) is 0. The summed E-state index contributed by atoms with van der Waals surface area (Å²) in [4.78, 5) is 9.64. The first-order valence-corrected chi connectivity index (χ1v) is 3.37. The molecule has 2 atom stereocenters. The molecule has 3 nitrogen and oxygen atoms in total. The van der Waals surface area contributed by atoms with Gasteiger partial charge in [0.2, 0.25) is 0 Å². The van der Waals surface area contributed by atoms with Gasteiger partial charge in [0.05, 0.1) is 6.10 Å². The van der Waals surface area contributed by atoms with Gasteiger partial charge >= 0.3 is 0 Å². The SMILES string of the molecule is C1CC2OCOOC2C1. The van der Waals surface area contributed by atoms with E-state index in [2.05, 4.69) is 4.89 Å². The summed E-state index contributed by atoms with van der Waals surface area (Å²) in [5, 5.41) is 0. The molecule has 2 unspecified atom stereocenters. The zero-order valence-electron chi connectivity index (χ0n) is 5.21. The van der Waals surface area contributed by atoms with Crippen LogP contribution in [0.4, 0.5) is 0 Å². The molecular formula is C6H10O3. The standard InChI is InChI=1S/C6H10O3/c1-2-5-6(3-1)9-8-4-7-5/h5-6H,1-4H2. The van der Waals surface area contributed by atoms with E-state index in [0.29, 0.717) is 12.9 Å². The van der Waals surface area contributed by atoms with Gasteiger partial charge in [-0.05, 0) is 19.3 Å². The average molecular weight is 130 g/mol. The number of rotatable bonds is 0. The first-order chi connectivity index (χ1) is 4.47. The van der Waals surface area contributed by atoms with Gasteiger partial charge in [0.25, 0.3) is 0 Å². The maximum Gasteiger partial charge on any atom is 0.181 e. The summed E-state index contributed by atoms with van der Waals surface area (Å²) >= 11 is 0. The maximum absolute atomic E-state index is 5.25. The molecule has 0 radical (unpaired) electrons. The topological polar surface area (TPSA) is 27.7 Å². The quantitative estimate of drug-likeness (QED) is 0.455. The normalized spacial score (nSPS) is 42.7.